The van der Waals surface area contributed by atoms with Crippen LogP contribution >= 0.6 is 15.9 Å². The molecule has 0 aromatic carbocycles. The van der Waals surface area contributed by atoms with Crippen LogP contribution < -0.4 is 5.32 Å². The van der Waals surface area contributed by atoms with Crippen LogP contribution in [0.4, 0.5) is 0 Å². The number of nitriles is 1. The van der Waals surface area contributed by atoms with Crippen molar-refractivity contribution in [1.82, 2.24) is 15.1 Å². The van der Waals surface area contributed by atoms with Crippen LogP contribution in [-0.2, 0) is 6.54 Å². The lowest BCUT2D eigenvalue weighted by atomic mass is 10.1. The molecule has 15 heavy (non-hydrogen) atoms. The van der Waals surface area contributed by atoms with Crippen LogP contribution in [0.2, 0.25) is 0 Å². The molecule has 0 spiro atoms. The smallest absolute Gasteiger partial charge is 0.123 e. The van der Waals surface area contributed by atoms with E-state index in [9.17, 15) is 0 Å². The molecule has 82 valence electrons. The average molecular weight is 271 g/mol. The van der Waals surface area contributed by atoms with E-state index in [0.717, 1.165) is 17.4 Å². The zero-order chi connectivity index (χ0) is 11.3. The molecule has 0 aliphatic heterocycles. The summed E-state index contributed by atoms with van der Waals surface area (Å²) >= 11 is 3.33. The predicted octanol–water partition coefficient (Wildman–Crippen LogP) is 1.93. The van der Waals surface area contributed by atoms with Gasteiger partial charge >= 0.3 is 0 Å². The number of halogens is 1. The van der Waals surface area contributed by atoms with Gasteiger partial charge < -0.3 is 0 Å². The van der Waals surface area contributed by atoms with Gasteiger partial charge in [0.15, 0.2) is 0 Å². The number of rotatable bonds is 5. The number of hydrogen-bond acceptors (Lipinski definition) is 3. The molecule has 1 aromatic rings. The number of nitrogens with one attached hydrogen (secondary N) is 1. The Morgan fingerprint density at radius 1 is 1.73 bits per heavy atom. The zero-order valence-corrected chi connectivity index (χ0v) is 10.6. The highest BCUT2D eigenvalue weighted by Crippen LogP contribution is 2.10. The van der Waals surface area contributed by atoms with Crippen molar-refractivity contribution in [2.24, 2.45) is 0 Å². The second-order valence-corrected chi connectivity index (χ2v) is 4.64. The van der Waals surface area contributed by atoms with E-state index in [4.69, 9.17) is 5.26 Å². The summed E-state index contributed by atoms with van der Waals surface area (Å²) in [5.74, 6) is 0. The van der Waals surface area contributed by atoms with E-state index < -0.39 is 5.54 Å². The highest BCUT2D eigenvalue weighted by Gasteiger charge is 2.23. The van der Waals surface area contributed by atoms with Gasteiger partial charge in [0.25, 0.3) is 0 Å². The Morgan fingerprint density at radius 3 is 2.93 bits per heavy atom. The van der Waals surface area contributed by atoms with Gasteiger partial charge in [0, 0.05) is 6.20 Å². The molecule has 1 unspecified atom stereocenters. The van der Waals surface area contributed by atoms with Gasteiger partial charge in [-0.3, -0.25) is 10.00 Å². The van der Waals surface area contributed by atoms with Gasteiger partial charge in [-0.25, -0.2) is 0 Å². The lowest BCUT2D eigenvalue weighted by Gasteiger charge is -2.22. The van der Waals surface area contributed by atoms with Crippen molar-refractivity contribution in [3.63, 3.8) is 0 Å². The van der Waals surface area contributed by atoms with E-state index >= 15 is 0 Å². The van der Waals surface area contributed by atoms with Crippen molar-refractivity contribution < 1.29 is 0 Å². The third-order valence-electron chi connectivity index (χ3n) is 2.09. The van der Waals surface area contributed by atoms with Gasteiger partial charge in [0.2, 0.25) is 0 Å². The first-order valence-electron chi connectivity index (χ1n) is 4.94. The summed E-state index contributed by atoms with van der Waals surface area (Å²) < 4.78 is 2.69. The molecule has 1 rings (SSSR count). The highest BCUT2D eigenvalue weighted by molar-refractivity contribution is 9.10. The third kappa shape index (κ3) is 3.65. The van der Waals surface area contributed by atoms with Crippen LogP contribution in [-0.4, -0.2) is 21.9 Å². The maximum atomic E-state index is 9.11. The lowest BCUT2D eigenvalue weighted by Crippen LogP contribution is -2.45. The molecule has 0 saturated carbocycles. The Balaban J connectivity index is 2.64. The minimum Gasteiger partial charge on any atom is -0.298 e. The van der Waals surface area contributed by atoms with Crippen LogP contribution in [0.3, 0.4) is 0 Å². The quantitative estimate of drug-likeness (QED) is 0.890. The molecule has 1 aromatic heterocycles. The van der Waals surface area contributed by atoms with Gasteiger partial charge in [-0.05, 0) is 35.8 Å². The van der Waals surface area contributed by atoms with Crippen LogP contribution in [0, 0.1) is 11.3 Å². The lowest BCUT2D eigenvalue weighted by molar-refractivity contribution is 0.371. The van der Waals surface area contributed by atoms with Gasteiger partial charge in [-0.15, -0.1) is 0 Å². The maximum Gasteiger partial charge on any atom is 0.123 e. The van der Waals surface area contributed by atoms with Crippen molar-refractivity contribution in [3.8, 4) is 6.07 Å². The van der Waals surface area contributed by atoms with E-state index in [0.29, 0.717) is 6.54 Å². The molecule has 1 heterocycles. The molecule has 1 N–H and O–H groups in total. The summed E-state index contributed by atoms with van der Waals surface area (Å²) in [5, 5.41) is 16.5. The molecule has 0 fully saturated rings. The Labute approximate surface area is 98.4 Å². The first-order valence-corrected chi connectivity index (χ1v) is 5.73. The average Bonchev–Trinajstić information content (AvgIpc) is 2.61. The topological polar surface area (TPSA) is 53.6 Å². The van der Waals surface area contributed by atoms with E-state index in [2.05, 4.69) is 39.3 Å². The summed E-state index contributed by atoms with van der Waals surface area (Å²) in [6.45, 7) is 5.36. The zero-order valence-electron chi connectivity index (χ0n) is 9.00. The SMILES string of the molecule is CCCNC(C)(C#N)Cn1cc(Br)cn1. The molecule has 4 nitrogen and oxygen atoms in total. The monoisotopic (exact) mass is 270 g/mol. The van der Waals surface area contributed by atoms with Crippen molar-refractivity contribution in [2.75, 3.05) is 6.54 Å². The van der Waals surface area contributed by atoms with Crippen molar-refractivity contribution in [1.29, 1.82) is 5.26 Å². The minimum absolute atomic E-state index is 0.551. The largest absolute Gasteiger partial charge is 0.298 e. The number of nitrogens with zero attached hydrogens (tertiary/aromatic N) is 3. The fourth-order valence-corrected chi connectivity index (χ4v) is 1.61. The first-order chi connectivity index (χ1) is 7.09. The maximum absolute atomic E-state index is 9.11. The fourth-order valence-electron chi connectivity index (χ4n) is 1.28. The Hall–Kier alpha value is -0.860. The number of aromatic nitrogens is 2. The minimum atomic E-state index is -0.554. The molecule has 0 bridgehead atoms. The number of hydrogen-bond donors (Lipinski definition) is 1. The second kappa shape index (κ2) is 5.29. The Bertz CT molecular complexity index is 355. The van der Waals surface area contributed by atoms with Crippen LogP contribution in [0.15, 0.2) is 16.9 Å². The summed E-state index contributed by atoms with van der Waals surface area (Å²) in [4.78, 5) is 0. The predicted molar refractivity (Wildman–Crippen MR) is 62.2 cm³/mol. The molecule has 0 aliphatic rings. The van der Waals surface area contributed by atoms with Gasteiger partial charge in [0.05, 0.1) is 23.3 Å². The summed E-state index contributed by atoms with van der Waals surface area (Å²) in [6, 6.07) is 2.28. The molecule has 0 saturated heterocycles. The molecular formula is C10H15BrN4. The standard InChI is InChI=1S/C10H15BrN4/c1-3-4-13-10(2,7-12)8-15-6-9(11)5-14-15/h5-6,13H,3-4,8H2,1-2H3. The van der Waals surface area contributed by atoms with Crippen molar-refractivity contribution >= 4 is 15.9 Å². The van der Waals surface area contributed by atoms with Crippen LogP contribution in [0.25, 0.3) is 0 Å². The Morgan fingerprint density at radius 2 is 2.47 bits per heavy atom. The molecule has 0 radical (unpaired) electrons. The third-order valence-corrected chi connectivity index (χ3v) is 2.50. The van der Waals surface area contributed by atoms with E-state index in [1.165, 1.54) is 0 Å². The summed E-state index contributed by atoms with van der Waals surface area (Å²) in [6.07, 6.45) is 4.60. The van der Waals surface area contributed by atoms with Crippen molar-refractivity contribution in [2.45, 2.75) is 32.4 Å². The summed E-state index contributed by atoms with van der Waals surface area (Å²) in [7, 11) is 0. The van der Waals surface area contributed by atoms with E-state index in [-0.39, 0.29) is 0 Å². The summed E-state index contributed by atoms with van der Waals surface area (Å²) in [5.41, 5.74) is -0.554. The molecule has 5 heteroatoms. The normalized spacial score (nSPS) is 14.5. The van der Waals surface area contributed by atoms with E-state index in [1.54, 1.807) is 10.9 Å². The molecular weight excluding hydrogens is 256 g/mol. The Kier molecular flexibility index (Phi) is 4.30. The molecule has 0 amide bonds. The van der Waals surface area contributed by atoms with E-state index in [1.807, 2.05) is 13.1 Å². The molecule has 1 atom stereocenters. The second-order valence-electron chi connectivity index (χ2n) is 3.73. The van der Waals surface area contributed by atoms with Gasteiger partial charge in [-0.1, -0.05) is 6.92 Å². The first kappa shape index (κ1) is 12.2. The molecule has 0 aliphatic carbocycles. The van der Waals surface area contributed by atoms with Gasteiger partial charge in [0.1, 0.15) is 5.54 Å². The van der Waals surface area contributed by atoms with Crippen molar-refractivity contribution in [3.05, 3.63) is 16.9 Å². The highest BCUT2D eigenvalue weighted by atomic mass is 79.9. The van der Waals surface area contributed by atoms with Crippen LogP contribution in [0.1, 0.15) is 20.3 Å². The van der Waals surface area contributed by atoms with Crippen LogP contribution in [0.5, 0.6) is 0 Å². The fraction of sp³-hybridized carbons (Fsp3) is 0.600. The van der Waals surface area contributed by atoms with Gasteiger partial charge in [-0.2, -0.15) is 10.4 Å².